The molecule has 0 fully saturated rings. The Hall–Kier alpha value is -1.84. The summed E-state index contributed by atoms with van der Waals surface area (Å²) in [5.41, 5.74) is 0.853. The van der Waals surface area contributed by atoms with Crippen LogP contribution in [0.4, 0.5) is 0 Å². The lowest BCUT2D eigenvalue weighted by Crippen LogP contribution is -2.09. The van der Waals surface area contributed by atoms with Gasteiger partial charge < -0.3 is 9.84 Å². The van der Waals surface area contributed by atoms with E-state index >= 15 is 0 Å². The van der Waals surface area contributed by atoms with Gasteiger partial charge in [0.05, 0.1) is 5.56 Å². The van der Waals surface area contributed by atoms with Crippen LogP contribution in [0.15, 0.2) is 18.2 Å². The van der Waals surface area contributed by atoms with Crippen molar-refractivity contribution in [3.63, 3.8) is 0 Å². The van der Waals surface area contributed by atoms with Gasteiger partial charge in [-0.1, -0.05) is 32.6 Å². The Morgan fingerprint density at radius 3 is 2.45 bits per heavy atom. The number of carboxylic acids is 1. The normalized spacial score (nSPS) is 10.3. The Kier molecular flexibility index (Phi) is 6.77. The van der Waals surface area contributed by atoms with Crippen LogP contribution in [0.5, 0.6) is 5.75 Å². The molecule has 0 radical (unpaired) electrons. The second kappa shape index (κ2) is 8.35. The summed E-state index contributed by atoms with van der Waals surface area (Å²) in [4.78, 5) is 22.5. The summed E-state index contributed by atoms with van der Waals surface area (Å²) < 4.78 is 5.25. The molecular weight excluding hydrogens is 256 g/mol. The second-order valence-electron chi connectivity index (χ2n) is 4.92. The van der Waals surface area contributed by atoms with Crippen molar-refractivity contribution in [1.29, 1.82) is 0 Å². The van der Waals surface area contributed by atoms with E-state index in [0.29, 0.717) is 17.7 Å². The molecule has 0 bridgehead atoms. The van der Waals surface area contributed by atoms with Gasteiger partial charge in [0.15, 0.2) is 0 Å². The third-order valence-corrected chi connectivity index (χ3v) is 3.13. The third kappa shape index (κ3) is 5.43. The molecule has 1 N–H and O–H groups in total. The number of ether oxygens (including phenoxy) is 1. The second-order valence-corrected chi connectivity index (χ2v) is 4.92. The highest BCUT2D eigenvalue weighted by Crippen LogP contribution is 2.20. The molecule has 0 saturated carbocycles. The van der Waals surface area contributed by atoms with Gasteiger partial charge in [0.25, 0.3) is 0 Å². The van der Waals surface area contributed by atoms with Crippen molar-refractivity contribution in [2.45, 2.75) is 52.4 Å². The highest BCUT2D eigenvalue weighted by molar-refractivity contribution is 5.88. The van der Waals surface area contributed by atoms with Crippen LogP contribution < -0.4 is 4.74 Å². The first-order valence-electron chi connectivity index (χ1n) is 7.09. The summed E-state index contributed by atoms with van der Waals surface area (Å²) >= 11 is 0. The van der Waals surface area contributed by atoms with Gasteiger partial charge in [-0.2, -0.15) is 0 Å². The van der Waals surface area contributed by atoms with Gasteiger partial charge in [-0.05, 0) is 37.1 Å². The summed E-state index contributed by atoms with van der Waals surface area (Å²) in [5.74, 6) is -0.803. The average Bonchev–Trinajstić information content (AvgIpc) is 2.40. The van der Waals surface area contributed by atoms with E-state index in [4.69, 9.17) is 9.84 Å². The van der Waals surface area contributed by atoms with Crippen molar-refractivity contribution in [3.05, 3.63) is 29.3 Å². The van der Waals surface area contributed by atoms with Crippen LogP contribution in [0.1, 0.15) is 61.4 Å². The summed E-state index contributed by atoms with van der Waals surface area (Å²) in [5, 5.41) is 8.86. The monoisotopic (exact) mass is 278 g/mol. The van der Waals surface area contributed by atoms with Crippen LogP contribution in [-0.4, -0.2) is 17.0 Å². The number of unbranched alkanes of at least 4 members (excludes halogenated alkanes) is 4. The number of aryl methyl sites for hydroxylation is 1. The standard InChI is InChI=1S/C16H22O4/c1-3-4-5-6-7-8-15(17)20-14-10-9-13(16(18)19)11-12(14)2/h9-11H,3-8H2,1-2H3,(H,18,19). The highest BCUT2D eigenvalue weighted by Gasteiger charge is 2.10. The smallest absolute Gasteiger partial charge is 0.335 e. The van der Waals surface area contributed by atoms with Gasteiger partial charge in [0.2, 0.25) is 0 Å². The molecular formula is C16H22O4. The van der Waals surface area contributed by atoms with Crippen molar-refractivity contribution < 1.29 is 19.4 Å². The van der Waals surface area contributed by atoms with E-state index in [9.17, 15) is 9.59 Å². The molecule has 1 rings (SSSR count). The number of hydrogen-bond donors (Lipinski definition) is 1. The number of esters is 1. The Bertz CT molecular complexity index is 466. The van der Waals surface area contributed by atoms with Gasteiger partial charge in [-0.25, -0.2) is 4.79 Å². The maximum absolute atomic E-state index is 11.7. The topological polar surface area (TPSA) is 63.6 Å². The van der Waals surface area contributed by atoms with Crippen LogP contribution in [0.2, 0.25) is 0 Å². The molecule has 0 heterocycles. The quantitative estimate of drug-likeness (QED) is 0.444. The van der Waals surface area contributed by atoms with Crippen LogP contribution in [0, 0.1) is 6.92 Å². The lowest BCUT2D eigenvalue weighted by Gasteiger charge is -2.08. The molecule has 0 spiro atoms. The SMILES string of the molecule is CCCCCCCC(=O)Oc1ccc(C(=O)O)cc1C. The fourth-order valence-electron chi connectivity index (χ4n) is 1.94. The molecule has 0 aliphatic carbocycles. The zero-order valence-corrected chi connectivity index (χ0v) is 12.1. The largest absolute Gasteiger partial charge is 0.478 e. The van der Waals surface area contributed by atoms with Crippen molar-refractivity contribution in [2.24, 2.45) is 0 Å². The van der Waals surface area contributed by atoms with E-state index in [1.165, 1.54) is 31.0 Å². The summed E-state index contributed by atoms with van der Waals surface area (Å²) in [7, 11) is 0. The first-order valence-corrected chi connectivity index (χ1v) is 7.09. The molecule has 1 aromatic carbocycles. The summed E-state index contributed by atoms with van der Waals surface area (Å²) in [6.45, 7) is 3.88. The molecule has 0 aromatic heterocycles. The predicted molar refractivity (Wildman–Crippen MR) is 77.1 cm³/mol. The number of carbonyl (C=O) groups is 2. The molecule has 0 unspecified atom stereocenters. The molecule has 0 aliphatic heterocycles. The Morgan fingerprint density at radius 2 is 1.85 bits per heavy atom. The number of carbonyl (C=O) groups excluding carboxylic acids is 1. The minimum Gasteiger partial charge on any atom is -0.478 e. The number of benzene rings is 1. The molecule has 0 saturated heterocycles. The fourth-order valence-corrected chi connectivity index (χ4v) is 1.94. The van der Waals surface area contributed by atoms with Crippen LogP contribution >= 0.6 is 0 Å². The first kappa shape index (κ1) is 16.2. The Balaban J connectivity index is 2.44. The van der Waals surface area contributed by atoms with E-state index in [-0.39, 0.29) is 11.5 Å². The van der Waals surface area contributed by atoms with Crippen molar-refractivity contribution in [1.82, 2.24) is 0 Å². The van der Waals surface area contributed by atoms with Crippen molar-refractivity contribution >= 4 is 11.9 Å². The van der Waals surface area contributed by atoms with E-state index in [2.05, 4.69) is 6.92 Å². The van der Waals surface area contributed by atoms with Crippen LogP contribution in [-0.2, 0) is 4.79 Å². The van der Waals surface area contributed by atoms with Crippen LogP contribution in [0.25, 0.3) is 0 Å². The number of carboxylic acid groups (broad SMARTS) is 1. The molecule has 4 heteroatoms. The minimum absolute atomic E-state index is 0.196. The van der Waals surface area contributed by atoms with Gasteiger partial charge in [-0.3, -0.25) is 4.79 Å². The van der Waals surface area contributed by atoms with E-state index in [1.54, 1.807) is 6.92 Å². The van der Waals surface area contributed by atoms with Crippen molar-refractivity contribution in [2.75, 3.05) is 0 Å². The van der Waals surface area contributed by atoms with E-state index in [0.717, 1.165) is 19.3 Å². The fraction of sp³-hybridized carbons (Fsp3) is 0.500. The van der Waals surface area contributed by atoms with Gasteiger partial charge in [-0.15, -0.1) is 0 Å². The van der Waals surface area contributed by atoms with Gasteiger partial charge in [0.1, 0.15) is 5.75 Å². The van der Waals surface area contributed by atoms with Gasteiger partial charge in [0, 0.05) is 6.42 Å². The zero-order valence-electron chi connectivity index (χ0n) is 12.1. The zero-order chi connectivity index (χ0) is 15.0. The predicted octanol–water partition coefficient (Wildman–Crippen LogP) is 3.96. The molecule has 110 valence electrons. The van der Waals surface area contributed by atoms with E-state index in [1.807, 2.05) is 0 Å². The molecule has 4 nitrogen and oxygen atoms in total. The molecule has 0 atom stereocenters. The maximum Gasteiger partial charge on any atom is 0.335 e. The van der Waals surface area contributed by atoms with Crippen molar-refractivity contribution in [3.8, 4) is 5.75 Å². The molecule has 0 amide bonds. The van der Waals surface area contributed by atoms with Crippen LogP contribution in [0.3, 0.4) is 0 Å². The number of hydrogen-bond acceptors (Lipinski definition) is 3. The first-order chi connectivity index (χ1) is 9.54. The van der Waals surface area contributed by atoms with Gasteiger partial charge >= 0.3 is 11.9 Å². The maximum atomic E-state index is 11.7. The minimum atomic E-state index is -0.984. The Morgan fingerprint density at radius 1 is 1.15 bits per heavy atom. The lowest BCUT2D eigenvalue weighted by molar-refractivity contribution is -0.134. The average molecular weight is 278 g/mol. The Labute approximate surface area is 119 Å². The lowest BCUT2D eigenvalue weighted by atomic mass is 10.1. The molecule has 0 aliphatic rings. The highest BCUT2D eigenvalue weighted by atomic mass is 16.5. The molecule has 20 heavy (non-hydrogen) atoms. The number of rotatable bonds is 8. The molecule has 1 aromatic rings. The summed E-state index contributed by atoms with van der Waals surface area (Å²) in [6.07, 6.45) is 5.81. The third-order valence-electron chi connectivity index (χ3n) is 3.13. The van der Waals surface area contributed by atoms with E-state index < -0.39 is 5.97 Å². The summed E-state index contributed by atoms with van der Waals surface area (Å²) in [6, 6.07) is 4.49. The number of aromatic carboxylic acids is 1.